The van der Waals surface area contributed by atoms with Crippen LogP contribution in [0.2, 0.25) is 0 Å². The first-order chi connectivity index (χ1) is 15.2. The molecule has 0 unspecified atom stereocenters. The minimum atomic E-state index is -1.03. The Balaban J connectivity index is 1.51. The second-order valence-electron chi connectivity index (χ2n) is 7.06. The van der Waals surface area contributed by atoms with Crippen LogP contribution in [0.4, 0.5) is 10.5 Å². The third-order valence-corrected chi connectivity index (χ3v) is 5.63. The number of halogens is 1. The number of carbonyl (C=O) groups is 1. The van der Waals surface area contributed by atoms with Gasteiger partial charge in [-0.05, 0) is 13.0 Å². The number of rotatable bonds is 7. The normalized spacial score (nSPS) is 20.2. The number of aliphatic hydroxyl groups excluding tert-OH is 1. The van der Waals surface area contributed by atoms with Crippen molar-refractivity contribution in [2.45, 2.75) is 38.2 Å². The summed E-state index contributed by atoms with van der Waals surface area (Å²) in [5.41, 5.74) is -0.613. The van der Waals surface area contributed by atoms with E-state index in [1.165, 1.54) is 25.3 Å². The molecule has 3 atom stereocenters. The molecule has 0 spiro atoms. The number of aliphatic hydroxyl groups is 1. The number of nitro groups is 1. The first kappa shape index (κ1) is 23.6. The molecule has 1 aliphatic rings. The van der Waals surface area contributed by atoms with Crippen LogP contribution in [0.1, 0.15) is 23.8 Å². The number of carbonyl (C=O) groups excluding carboxylic acids is 1. The highest BCUT2D eigenvalue weighted by molar-refractivity contribution is 9.10. The molecule has 1 aliphatic heterocycles. The summed E-state index contributed by atoms with van der Waals surface area (Å²) in [5, 5.41) is 21.3. The highest BCUT2D eigenvalue weighted by Gasteiger charge is 2.36. The molecular weight excluding hydrogens is 494 g/mol. The van der Waals surface area contributed by atoms with Crippen molar-refractivity contribution in [3.8, 4) is 0 Å². The quantitative estimate of drug-likeness (QED) is 0.317. The zero-order chi connectivity index (χ0) is 23.4. The van der Waals surface area contributed by atoms with Gasteiger partial charge in [0.05, 0.1) is 17.6 Å². The minimum absolute atomic E-state index is 0.0557. The summed E-state index contributed by atoms with van der Waals surface area (Å²) in [6, 6.07) is 4.53. The van der Waals surface area contributed by atoms with Crippen molar-refractivity contribution < 1.29 is 29.0 Å². The van der Waals surface area contributed by atoms with E-state index in [1.54, 1.807) is 6.07 Å². The molecule has 1 aromatic carbocycles. The average Bonchev–Trinajstić information content (AvgIpc) is 3.10. The van der Waals surface area contributed by atoms with Crippen LogP contribution in [0, 0.1) is 17.0 Å². The number of aromatic amines is 1. The highest BCUT2D eigenvalue weighted by Crippen LogP contribution is 2.28. The van der Waals surface area contributed by atoms with E-state index in [4.69, 9.17) is 14.2 Å². The highest BCUT2D eigenvalue weighted by atomic mass is 79.9. The minimum Gasteiger partial charge on any atom is -0.434 e. The van der Waals surface area contributed by atoms with Gasteiger partial charge >= 0.3 is 11.8 Å². The smallest absolute Gasteiger partial charge is 0.434 e. The third kappa shape index (κ3) is 5.41. The van der Waals surface area contributed by atoms with Crippen molar-refractivity contribution in [1.82, 2.24) is 9.55 Å². The van der Waals surface area contributed by atoms with E-state index in [-0.39, 0.29) is 31.7 Å². The van der Waals surface area contributed by atoms with E-state index in [9.17, 15) is 29.6 Å². The van der Waals surface area contributed by atoms with Crippen molar-refractivity contribution in [3.05, 3.63) is 70.9 Å². The molecule has 0 radical (unpaired) electrons. The lowest BCUT2D eigenvalue weighted by Gasteiger charge is -2.16. The van der Waals surface area contributed by atoms with Gasteiger partial charge in [0.2, 0.25) is 0 Å². The van der Waals surface area contributed by atoms with Gasteiger partial charge in [-0.1, -0.05) is 22.0 Å². The number of benzene rings is 1. The lowest BCUT2D eigenvalue weighted by molar-refractivity contribution is -0.385. The third-order valence-electron chi connectivity index (χ3n) is 4.89. The molecule has 172 valence electrons. The number of ether oxygens (including phenoxy) is 3. The summed E-state index contributed by atoms with van der Waals surface area (Å²) in [7, 11) is 0. The first-order valence-electron chi connectivity index (χ1n) is 9.54. The molecule has 1 saturated heterocycles. The van der Waals surface area contributed by atoms with E-state index < -0.39 is 40.8 Å². The Bertz CT molecular complexity index is 1130. The van der Waals surface area contributed by atoms with Crippen molar-refractivity contribution in [3.63, 3.8) is 0 Å². The van der Waals surface area contributed by atoms with Crippen LogP contribution in [0.25, 0.3) is 0 Å². The molecule has 2 aromatic rings. The number of nitrogens with zero attached hydrogens (tertiary/aromatic N) is 2. The van der Waals surface area contributed by atoms with E-state index in [1.807, 2.05) is 0 Å². The monoisotopic (exact) mass is 513 g/mol. The molecular formula is C19H20BrN3O9. The standard InChI is InChI=1S/C19H20BrN3O9/c1-10-8-22(18(26)21-17(10)25)16-7-14(24)15(32-16)9-31-19(27)30-6-5-11-12(20)3-2-4-13(11)23(28)29/h2-4,8,14-16,24H,5-7,9H2,1H3,(H,21,25,26)/t14-,15+,16+/m0/s1. The molecule has 2 N–H and O–H groups in total. The summed E-state index contributed by atoms with van der Waals surface area (Å²) >= 11 is 3.24. The van der Waals surface area contributed by atoms with E-state index in [2.05, 4.69) is 20.9 Å². The SMILES string of the molecule is Cc1cn([C@H]2C[C@H](O)[C@@H](COC(=O)OCCc3c(Br)cccc3[N+](=O)[O-])O2)c(=O)[nH]c1=O. The zero-order valence-electron chi connectivity index (χ0n) is 16.9. The van der Waals surface area contributed by atoms with Crippen LogP contribution in [0.5, 0.6) is 0 Å². The van der Waals surface area contributed by atoms with Crippen molar-refractivity contribution in [2.24, 2.45) is 0 Å². The van der Waals surface area contributed by atoms with Gasteiger partial charge in [0, 0.05) is 40.7 Å². The molecule has 13 heteroatoms. The predicted octanol–water partition coefficient (Wildman–Crippen LogP) is 1.56. The van der Waals surface area contributed by atoms with Crippen LogP contribution in [-0.2, 0) is 20.6 Å². The number of nitro benzene ring substituents is 1. The van der Waals surface area contributed by atoms with E-state index >= 15 is 0 Å². The first-order valence-corrected chi connectivity index (χ1v) is 10.3. The fraction of sp³-hybridized carbons (Fsp3) is 0.421. The maximum Gasteiger partial charge on any atom is 0.508 e. The Hall–Kier alpha value is -3.03. The Kier molecular flexibility index (Phi) is 7.43. The Labute approximate surface area is 189 Å². The second-order valence-corrected chi connectivity index (χ2v) is 7.92. The topological polar surface area (TPSA) is 163 Å². The molecule has 0 saturated carbocycles. The van der Waals surface area contributed by atoms with Crippen molar-refractivity contribution in [1.29, 1.82) is 0 Å². The van der Waals surface area contributed by atoms with Gasteiger partial charge in [0.15, 0.2) is 0 Å². The summed E-state index contributed by atoms with van der Waals surface area (Å²) in [6.45, 7) is 1.03. The number of hydrogen-bond donors (Lipinski definition) is 2. The molecule has 1 fully saturated rings. The summed E-state index contributed by atoms with van der Waals surface area (Å²) in [5.74, 6) is 0. The van der Waals surface area contributed by atoms with Gasteiger partial charge in [-0.15, -0.1) is 0 Å². The van der Waals surface area contributed by atoms with Crippen molar-refractivity contribution in [2.75, 3.05) is 13.2 Å². The molecule has 0 aliphatic carbocycles. The number of nitrogens with one attached hydrogen (secondary N) is 1. The molecule has 0 bridgehead atoms. The van der Waals surface area contributed by atoms with E-state index in [0.717, 1.165) is 4.57 Å². The predicted molar refractivity (Wildman–Crippen MR) is 112 cm³/mol. The molecule has 32 heavy (non-hydrogen) atoms. The van der Waals surface area contributed by atoms with Crippen LogP contribution in [0.15, 0.2) is 38.5 Å². The fourth-order valence-electron chi connectivity index (χ4n) is 3.23. The Morgan fingerprint density at radius 2 is 2.16 bits per heavy atom. The van der Waals surface area contributed by atoms with Gasteiger partial charge in [-0.25, -0.2) is 9.59 Å². The summed E-state index contributed by atoms with van der Waals surface area (Å²) in [4.78, 5) is 48.1. The maximum absolute atomic E-state index is 12.0. The maximum atomic E-state index is 12.0. The Morgan fingerprint density at radius 1 is 1.41 bits per heavy atom. The average molecular weight is 514 g/mol. The number of aryl methyl sites for hydroxylation is 1. The Morgan fingerprint density at radius 3 is 2.88 bits per heavy atom. The van der Waals surface area contributed by atoms with E-state index in [0.29, 0.717) is 15.6 Å². The summed E-state index contributed by atoms with van der Waals surface area (Å²) in [6.07, 6.45) is -2.32. The van der Waals surface area contributed by atoms with Crippen molar-refractivity contribution >= 4 is 27.8 Å². The number of H-pyrrole nitrogens is 1. The van der Waals surface area contributed by atoms with Crippen LogP contribution in [0.3, 0.4) is 0 Å². The number of aromatic nitrogens is 2. The fourth-order valence-corrected chi connectivity index (χ4v) is 3.78. The lowest BCUT2D eigenvalue weighted by Crippen LogP contribution is -2.33. The number of hydrogen-bond acceptors (Lipinski definition) is 9. The molecule has 3 rings (SSSR count). The molecule has 0 amide bonds. The zero-order valence-corrected chi connectivity index (χ0v) is 18.4. The van der Waals surface area contributed by atoms with Gasteiger partial charge in [-0.3, -0.25) is 24.5 Å². The van der Waals surface area contributed by atoms with Crippen LogP contribution >= 0.6 is 15.9 Å². The summed E-state index contributed by atoms with van der Waals surface area (Å²) < 4.78 is 17.2. The van der Waals surface area contributed by atoms with Gasteiger partial charge in [0.25, 0.3) is 11.2 Å². The van der Waals surface area contributed by atoms with Crippen LogP contribution in [-0.4, -0.2) is 51.2 Å². The lowest BCUT2D eigenvalue weighted by atomic mass is 10.1. The van der Waals surface area contributed by atoms with Gasteiger partial charge in [0.1, 0.15) is 18.9 Å². The largest absolute Gasteiger partial charge is 0.508 e. The molecule has 12 nitrogen and oxygen atoms in total. The van der Waals surface area contributed by atoms with Gasteiger partial charge in [-0.2, -0.15) is 0 Å². The molecule has 2 heterocycles. The molecule has 1 aromatic heterocycles. The van der Waals surface area contributed by atoms with Crippen LogP contribution < -0.4 is 11.2 Å². The second kappa shape index (κ2) is 10.1. The van der Waals surface area contributed by atoms with Gasteiger partial charge < -0.3 is 19.3 Å².